The van der Waals surface area contributed by atoms with Gasteiger partial charge in [0.05, 0.1) is 5.41 Å². The van der Waals surface area contributed by atoms with Gasteiger partial charge in [0.15, 0.2) is 0 Å². The van der Waals surface area contributed by atoms with Crippen LogP contribution in [0.5, 0.6) is 0 Å². The molecule has 9 atom stereocenters. The average molecular weight is 455 g/mol. The highest BCUT2D eigenvalue weighted by Crippen LogP contribution is 2.74. The highest BCUT2D eigenvalue weighted by Gasteiger charge is 2.67. The molecule has 0 aromatic carbocycles. The van der Waals surface area contributed by atoms with E-state index in [1.165, 1.54) is 11.1 Å². The number of aldehydes is 1. The summed E-state index contributed by atoms with van der Waals surface area (Å²) in [6, 6.07) is 0. The van der Waals surface area contributed by atoms with Crippen molar-refractivity contribution in [3.05, 3.63) is 23.8 Å². The van der Waals surface area contributed by atoms with Gasteiger partial charge in [-0.3, -0.25) is 4.79 Å². The quantitative estimate of drug-likeness (QED) is 0.346. The van der Waals surface area contributed by atoms with Crippen LogP contribution in [0.4, 0.5) is 0 Å². The molecular weight excluding hydrogens is 408 g/mol. The smallest absolute Gasteiger partial charge is 0.310 e. The van der Waals surface area contributed by atoms with Gasteiger partial charge < -0.3 is 9.90 Å². The van der Waals surface area contributed by atoms with Crippen LogP contribution in [-0.4, -0.2) is 17.4 Å². The molecule has 3 nitrogen and oxygen atoms in total. The minimum Gasteiger partial charge on any atom is -0.481 e. The Labute approximate surface area is 201 Å². The first-order valence-corrected chi connectivity index (χ1v) is 13.4. The molecule has 0 spiro atoms. The Hall–Kier alpha value is -1.38. The fourth-order valence-corrected chi connectivity index (χ4v) is 9.75. The van der Waals surface area contributed by atoms with Crippen molar-refractivity contribution in [1.29, 1.82) is 0 Å². The number of rotatable bonds is 5. The zero-order chi connectivity index (χ0) is 24.4. The van der Waals surface area contributed by atoms with E-state index in [1.807, 2.05) is 0 Å². The van der Waals surface area contributed by atoms with E-state index in [4.69, 9.17) is 0 Å². The average Bonchev–Trinajstić information content (AvgIpc) is 2.75. The Bertz CT molecular complexity index is 872. The number of fused-ring (bicyclic) bond motifs is 5. The Morgan fingerprint density at radius 2 is 1.85 bits per heavy atom. The molecule has 0 radical (unpaired) electrons. The number of hydrogen-bond donors (Lipinski definition) is 1. The highest BCUT2D eigenvalue weighted by atomic mass is 16.4. The summed E-state index contributed by atoms with van der Waals surface area (Å²) in [6.07, 6.45) is 12.0. The molecule has 184 valence electrons. The number of carbonyl (C=O) groups excluding carboxylic acids is 1. The number of aliphatic carboxylic acids is 1. The van der Waals surface area contributed by atoms with E-state index in [9.17, 15) is 14.7 Å². The second-order valence-electron chi connectivity index (χ2n) is 13.2. The van der Waals surface area contributed by atoms with Gasteiger partial charge in [-0.15, -0.1) is 0 Å². The van der Waals surface area contributed by atoms with Gasteiger partial charge in [-0.25, -0.2) is 0 Å². The first-order chi connectivity index (χ1) is 15.4. The Morgan fingerprint density at radius 3 is 2.45 bits per heavy atom. The van der Waals surface area contributed by atoms with E-state index in [-0.39, 0.29) is 22.2 Å². The minimum absolute atomic E-state index is 0.0212. The maximum Gasteiger partial charge on any atom is 0.310 e. The Balaban J connectivity index is 1.84. The van der Waals surface area contributed by atoms with Crippen LogP contribution in [0, 0.1) is 51.2 Å². The largest absolute Gasteiger partial charge is 0.481 e. The van der Waals surface area contributed by atoms with Crippen molar-refractivity contribution in [3.8, 4) is 0 Å². The number of carbonyl (C=O) groups is 2. The molecule has 0 saturated heterocycles. The zero-order valence-corrected chi connectivity index (χ0v) is 21.9. The van der Waals surface area contributed by atoms with E-state index in [0.29, 0.717) is 30.1 Å². The Kier molecular flexibility index (Phi) is 6.07. The first-order valence-electron chi connectivity index (χ1n) is 13.4. The van der Waals surface area contributed by atoms with E-state index in [1.54, 1.807) is 0 Å². The van der Waals surface area contributed by atoms with Crippen LogP contribution in [-0.2, 0) is 9.59 Å². The summed E-state index contributed by atoms with van der Waals surface area (Å²) in [5, 5.41) is 10.5. The third-order valence-electron chi connectivity index (χ3n) is 12.1. The van der Waals surface area contributed by atoms with Crippen molar-refractivity contribution in [2.45, 2.75) is 99.3 Å². The lowest BCUT2D eigenvalue weighted by molar-refractivity contribution is -0.173. The normalized spacial score (nSPS) is 49.2. The molecule has 3 fully saturated rings. The van der Waals surface area contributed by atoms with Gasteiger partial charge in [-0.1, -0.05) is 58.4 Å². The van der Waals surface area contributed by atoms with Crippen LogP contribution in [0.2, 0.25) is 0 Å². The van der Waals surface area contributed by atoms with E-state index < -0.39 is 11.4 Å². The highest BCUT2D eigenvalue weighted by molar-refractivity contribution is 5.76. The maximum absolute atomic E-state index is 12.8. The lowest BCUT2D eigenvalue weighted by Gasteiger charge is -2.69. The van der Waals surface area contributed by atoms with Crippen molar-refractivity contribution in [2.24, 2.45) is 51.2 Å². The summed E-state index contributed by atoms with van der Waals surface area (Å²) in [7, 11) is 0. The van der Waals surface area contributed by atoms with Crippen LogP contribution in [0.15, 0.2) is 23.8 Å². The van der Waals surface area contributed by atoms with Gasteiger partial charge in [0, 0.05) is 6.42 Å². The third kappa shape index (κ3) is 3.19. The molecule has 4 rings (SSSR count). The molecule has 0 amide bonds. The molecule has 33 heavy (non-hydrogen) atoms. The van der Waals surface area contributed by atoms with Crippen molar-refractivity contribution in [2.75, 3.05) is 0 Å². The maximum atomic E-state index is 12.8. The summed E-state index contributed by atoms with van der Waals surface area (Å²) >= 11 is 0. The van der Waals surface area contributed by atoms with E-state index in [0.717, 1.165) is 57.7 Å². The van der Waals surface area contributed by atoms with E-state index in [2.05, 4.69) is 54.2 Å². The van der Waals surface area contributed by atoms with Crippen LogP contribution in [0.3, 0.4) is 0 Å². The van der Waals surface area contributed by atoms with Crippen molar-refractivity contribution < 1.29 is 14.7 Å². The molecule has 0 aromatic heterocycles. The number of carboxylic acids is 1. The first kappa shape index (κ1) is 24.7. The van der Waals surface area contributed by atoms with Crippen LogP contribution < -0.4 is 0 Å². The fraction of sp³-hybridized carbons (Fsp3) is 0.800. The molecule has 0 aromatic rings. The Morgan fingerprint density at radius 1 is 1.15 bits per heavy atom. The van der Waals surface area contributed by atoms with Crippen molar-refractivity contribution in [1.82, 2.24) is 0 Å². The number of carboxylic acid groups (broad SMARTS) is 1. The molecule has 3 saturated carbocycles. The molecule has 0 bridgehead atoms. The van der Waals surface area contributed by atoms with Crippen LogP contribution in [0.1, 0.15) is 99.3 Å². The second kappa shape index (κ2) is 8.09. The molecule has 4 aliphatic rings. The van der Waals surface area contributed by atoms with Gasteiger partial charge in [-0.2, -0.15) is 0 Å². The molecule has 0 heterocycles. The molecule has 1 N–H and O–H groups in total. The van der Waals surface area contributed by atoms with Gasteiger partial charge in [0.1, 0.15) is 6.29 Å². The lowest BCUT2D eigenvalue weighted by Crippen LogP contribution is -2.62. The van der Waals surface area contributed by atoms with Crippen LogP contribution >= 0.6 is 0 Å². The minimum atomic E-state index is -0.587. The fourth-order valence-electron chi connectivity index (χ4n) is 9.75. The third-order valence-corrected chi connectivity index (χ3v) is 12.1. The second-order valence-corrected chi connectivity index (χ2v) is 13.2. The lowest BCUT2D eigenvalue weighted by atomic mass is 9.35. The molecule has 0 unspecified atom stereocenters. The molecule has 4 aliphatic carbocycles. The number of hydrogen-bond acceptors (Lipinski definition) is 2. The summed E-state index contributed by atoms with van der Waals surface area (Å²) < 4.78 is 0. The zero-order valence-electron chi connectivity index (χ0n) is 21.9. The van der Waals surface area contributed by atoms with E-state index >= 15 is 0 Å². The standard InChI is InChI=1S/C30H46O3/c1-19(2)22-12-14-29(7)24(27(22,5)13-8-18-31)10-9-23-25-21(4)20(3)11-15-30(25,26(32)33)17-16-28(23,29)6/h9,18,20-22,24-25H,1,8,10-17H2,2-7H3,(H,32,33)/t20-,21+,22+,24-,25+,27+,28-,29-,30+/m1/s1. The number of allylic oxidation sites excluding steroid dienone is 3. The van der Waals surface area contributed by atoms with Gasteiger partial charge in [-0.05, 0) is 104 Å². The van der Waals surface area contributed by atoms with Gasteiger partial charge >= 0.3 is 5.97 Å². The monoisotopic (exact) mass is 454 g/mol. The summed E-state index contributed by atoms with van der Waals surface area (Å²) in [6.45, 7) is 18.6. The summed E-state index contributed by atoms with van der Waals surface area (Å²) in [4.78, 5) is 24.2. The van der Waals surface area contributed by atoms with Crippen LogP contribution in [0.25, 0.3) is 0 Å². The van der Waals surface area contributed by atoms with Gasteiger partial charge in [0.2, 0.25) is 0 Å². The topological polar surface area (TPSA) is 54.4 Å². The van der Waals surface area contributed by atoms with Crippen molar-refractivity contribution in [3.63, 3.8) is 0 Å². The summed E-state index contributed by atoms with van der Waals surface area (Å²) in [5.74, 6) is 1.48. The predicted molar refractivity (Wildman–Crippen MR) is 134 cm³/mol. The summed E-state index contributed by atoms with van der Waals surface area (Å²) in [5.41, 5.74) is 2.33. The SMILES string of the molecule is C=C(C)[C@@H]1CC[C@]2(C)[C@H](CC=C3[C@@H]4[C@@H](C)[C@H](C)CC[C@]4(C(=O)O)CC[C@]32C)[C@@]1(C)CCC=O. The molecule has 0 aliphatic heterocycles. The predicted octanol–water partition coefficient (Wildman–Crippen LogP) is 7.46. The van der Waals surface area contributed by atoms with Gasteiger partial charge in [0.25, 0.3) is 0 Å². The van der Waals surface area contributed by atoms with Crippen molar-refractivity contribution >= 4 is 12.3 Å². The molecular formula is C30H46O3. The molecule has 3 heteroatoms.